The van der Waals surface area contributed by atoms with Crippen LogP contribution in [0.4, 0.5) is 10.1 Å². The van der Waals surface area contributed by atoms with Crippen LogP contribution in [0.2, 0.25) is 0 Å². The Bertz CT molecular complexity index is 828. The molecule has 0 unspecified atom stereocenters. The van der Waals surface area contributed by atoms with Crippen molar-refractivity contribution in [2.45, 2.75) is 38.3 Å². The van der Waals surface area contributed by atoms with Gasteiger partial charge in [-0.25, -0.2) is 4.39 Å². The van der Waals surface area contributed by atoms with E-state index in [1.165, 1.54) is 29.5 Å². The predicted octanol–water partition coefficient (Wildman–Crippen LogP) is 6.08. The fourth-order valence-electron chi connectivity index (χ4n) is 3.44. The van der Waals surface area contributed by atoms with E-state index < -0.39 is 0 Å². The third kappa shape index (κ3) is 3.65. The smallest absolute Gasteiger partial charge is 0.146 e. The van der Waals surface area contributed by atoms with Crippen molar-refractivity contribution in [2.24, 2.45) is 0 Å². The molecule has 3 aromatic rings. The van der Waals surface area contributed by atoms with Crippen LogP contribution >= 0.6 is 0 Å². The van der Waals surface area contributed by atoms with Gasteiger partial charge in [-0.1, -0.05) is 73.7 Å². The Labute approximate surface area is 155 Å². The molecule has 1 nitrogen and oxygen atoms in total. The van der Waals surface area contributed by atoms with E-state index in [1.807, 2.05) is 42.5 Å². The molecule has 0 spiro atoms. The average Bonchev–Trinajstić information content (AvgIpc) is 3.42. The van der Waals surface area contributed by atoms with Crippen LogP contribution in [0, 0.1) is 5.82 Å². The summed E-state index contributed by atoms with van der Waals surface area (Å²) in [7, 11) is 0. The number of rotatable bonds is 6. The molecule has 0 heterocycles. The van der Waals surface area contributed by atoms with Gasteiger partial charge in [0.1, 0.15) is 5.82 Å². The maximum Gasteiger partial charge on any atom is 0.146 e. The summed E-state index contributed by atoms with van der Waals surface area (Å²) >= 11 is 0. The first-order valence-corrected chi connectivity index (χ1v) is 9.27. The number of nitrogens with zero attached hydrogens (tertiary/aromatic N) is 1. The summed E-state index contributed by atoms with van der Waals surface area (Å²) in [6, 6.07) is 26.2. The molecule has 0 radical (unpaired) electrons. The van der Waals surface area contributed by atoms with Crippen molar-refractivity contribution in [1.82, 2.24) is 0 Å². The summed E-state index contributed by atoms with van der Waals surface area (Å²) in [6.07, 6.45) is 2.38. The lowest BCUT2D eigenvalue weighted by Gasteiger charge is -2.27. The maximum absolute atomic E-state index is 14.8. The molecule has 2 heteroatoms. The normalized spacial score (nSPS) is 14.8. The quantitative estimate of drug-likeness (QED) is 0.523. The Hall–Kier alpha value is -2.61. The van der Waals surface area contributed by atoms with Gasteiger partial charge in [-0.2, -0.15) is 0 Å². The second-order valence-electron chi connectivity index (χ2n) is 7.55. The molecule has 1 aliphatic carbocycles. The highest BCUT2D eigenvalue weighted by Crippen LogP contribution is 2.48. The van der Waals surface area contributed by atoms with Crippen molar-refractivity contribution >= 4 is 5.69 Å². The van der Waals surface area contributed by atoms with E-state index in [1.54, 1.807) is 6.07 Å². The monoisotopic (exact) mass is 345 g/mol. The zero-order chi connectivity index (χ0) is 18.0. The van der Waals surface area contributed by atoms with Gasteiger partial charge in [0, 0.05) is 13.1 Å². The fraction of sp³-hybridized carbons (Fsp3) is 0.250. The molecule has 0 amide bonds. The third-order valence-corrected chi connectivity index (χ3v) is 5.42. The van der Waals surface area contributed by atoms with Gasteiger partial charge >= 0.3 is 0 Å². The molecule has 1 aliphatic rings. The first-order chi connectivity index (χ1) is 12.6. The van der Waals surface area contributed by atoms with Gasteiger partial charge in [-0.3, -0.25) is 0 Å². The molecule has 0 aliphatic heterocycles. The van der Waals surface area contributed by atoms with E-state index in [0.717, 1.165) is 0 Å². The molecule has 132 valence electrons. The standard InChI is InChI=1S/C24H24FN/c1-24(14-15-24)21-12-13-22(25)23(16-21)26(17-19-8-4-2-5-9-19)18-20-10-6-3-7-11-20/h2-13,16H,14-15,17-18H2,1H3. The maximum atomic E-state index is 14.8. The Kier molecular flexibility index (Phi) is 4.50. The highest BCUT2D eigenvalue weighted by Gasteiger charge is 2.39. The Morgan fingerprint density at radius 3 is 1.85 bits per heavy atom. The summed E-state index contributed by atoms with van der Waals surface area (Å²) in [5.41, 5.74) is 4.55. The minimum absolute atomic E-state index is 0.148. The SMILES string of the molecule is CC1(c2ccc(F)c(N(Cc3ccccc3)Cc3ccccc3)c2)CC1. The fourth-order valence-corrected chi connectivity index (χ4v) is 3.44. The number of hydrogen-bond donors (Lipinski definition) is 0. The summed E-state index contributed by atoms with van der Waals surface area (Å²) in [6.45, 7) is 3.64. The molecule has 1 fully saturated rings. The van der Waals surface area contributed by atoms with Crippen LogP contribution in [0.3, 0.4) is 0 Å². The van der Waals surface area contributed by atoms with Crippen LogP contribution in [0.15, 0.2) is 78.9 Å². The lowest BCUT2D eigenvalue weighted by Crippen LogP contribution is -2.23. The molecular formula is C24H24FN. The zero-order valence-corrected chi connectivity index (χ0v) is 15.2. The summed E-state index contributed by atoms with van der Waals surface area (Å²) in [4.78, 5) is 2.15. The van der Waals surface area contributed by atoms with Crippen LogP contribution in [0.5, 0.6) is 0 Å². The zero-order valence-electron chi connectivity index (χ0n) is 15.2. The highest BCUT2D eigenvalue weighted by molar-refractivity contribution is 5.53. The second-order valence-corrected chi connectivity index (χ2v) is 7.55. The number of anilines is 1. The Balaban J connectivity index is 1.70. The van der Waals surface area contributed by atoms with E-state index in [9.17, 15) is 4.39 Å². The Morgan fingerprint density at radius 2 is 1.35 bits per heavy atom. The van der Waals surface area contributed by atoms with E-state index in [0.29, 0.717) is 18.8 Å². The van der Waals surface area contributed by atoms with Gasteiger partial charge in [0.25, 0.3) is 0 Å². The van der Waals surface area contributed by atoms with Gasteiger partial charge in [0.2, 0.25) is 0 Å². The molecular weight excluding hydrogens is 321 g/mol. The molecule has 0 bridgehead atoms. The topological polar surface area (TPSA) is 3.24 Å². The number of hydrogen-bond acceptors (Lipinski definition) is 1. The summed E-state index contributed by atoms with van der Waals surface area (Å²) in [5.74, 6) is -0.148. The molecule has 3 aromatic carbocycles. The molecule has 0 N–H and O–H groups in total. The predicted molar refractivity (Wildman–Crippen MR) is 106 cm³/mol. The van der Waals surface area contributed by atoms with Gasteiger partial charge < -0.3 is 4.90 Å². The first kappa shape index (κ1) is 16.8. The van der Waals surface area contributed by atoms with Crippen molar-refractivity contribution in [3.8, 4) is 0 Å². The van der Waals surface area contributed by atoms with Crippen LogP contribution in [0.25, 0.3) is 0 Å². The first-order valence-electron chi connectivity index (χ1n) is 9.27. The lowest BCUT2D eigenvalue weighted by molar-refractivity contribution is 0.612. The largest absolute Gasteiger partial charge is 0.361 e. The van der Waals surface area contributed by atoms with Crippen molar-refractivity contribution < 1.29 is 4.39 Å². The van der Waals surface area contributed by atoms with Gasteiger partial charge in [-0.05, 0) is 47.1 Å². The third-order valence-electron chi connectivity index (χ3n) is 5.42. The number of halogens is 1. The van der Waals surface area contributed by atoms with E-state index in [-0.39, 0.29) is 11.2 Å². The Morgan fingerprint density at radius 1 is 0.808 bits per heavy atom. The van der Waals surface area contributed by atoms with Gasteiger partial charge in [-0.15, -0.1) is 0 Å². The summed E-state index contributed by atoms with van der Waals surface area (Å²) < 4.78 is 14.8. The van der Waals surface area contributed by atoms with Gasteiger partial charge in [0.15, 0.2) is 0 Å². The van der Waals surface area contributed by atoms with E-state index in [2.05, 4.69) is 42.2 Å². The van der Waals surface area contributed by atoms with Crippen LogP contribution in [-0.4, -0.2) is 0 Å². The number of benzene rings is 3. The van der Waals surface area contributed by atoms with Crippen molar-refractivity contribution in [3.63, 3.8) is 0 Å². The molecule has 0 saturated heterocycles. The summed E-state index contributed by atoms with van der Waals surface area (Å²) in [5, 5.41) is 0. The molecule has 4 rings (SSSR count). The minimum atomic E-state index is -0.148. The molecule has 0 aromatic heterocycles. The van der Waals surface area contributed by atoms with Crippen LogP contribution in [0.1, 0.15) is 36.5 Å². The van der Waals surface area contributed by atoms with Gasteiger partial charge in [0.05, 0.1) is 5.69 Å². The van der Waals surface area contributed by atoms with Crippen LogP contribution in [-0.2, 0) is 18.5 Å². The van der Waals surface area contributed by atoms with E-state index >= 15 is 0 Å². The molecule has 1 saturated carbocycles. The molecule has 0 atom stereocenters. The van der Waals surface area contributed by atoms with Crippen LogP contribution < -0.4 is 4.90 Å². The minimum Gasteiger partial charge on any atom is -0.361 e. The van der Waals surface area contributed by atoms with Crippen molar-refractivity contribution in [2.75, 3.05) is 4.90 Å². The lowest BCUT2D eigenvalue weighted by atomic mass is 9.97. The highest BCUT2D eigenvalue weighted by atomic mass is 19.1. The van der Waals surface area contributed by atoms with Crippen molar-refractivity contribution in [1.29, 1.82) is 0 Å². The molecule has 26 heavy (non-hydrogen) atoms. The van der Waals surface area contributed by atoms with E-state index in [4.69, 9.17) is 0 Å². The average molecular weight is 345 g/mol. The second kappa shape index (κ2) is 6.95. The van der Waals surface area contributed by atoms with Crippen molar-refractivity contribution in [3.05, 3.63) is 101 Å².